The third-order valence-electron chi connectivity index (χ3n) is 4.23. The van der Waals surface area contributed by atoms with Crippen LogP contribution in [0.5, 0.6) is 0 Å². The third kappa shape index (κ3) is 5.11. The number of carbonyl (C=O) groups is 1. The Labute approximate surface area is 174 Å². The van der Waals surface area contributed by atoms with E-state index in [0.29, 0.717) is 10.6 Å². The minimum absolute atomic E-state index is 0.0735. The van der Waals surface area contributed by atoms with Gasteiger partial charge in [-0.25, -0.2) is 8.42 Å². The molecule has 2 rings (SSSR count). The van der Waals surface area contributed by atoms with Crippen molar-refractivity contribution in [2.24, 2.45) is 0 Å². The Morgan fingerprint density at radius 3 is 2.45 bits per heavy atom. The molecule has 2 aromatic carbocycles. The van der Waals surface area contributed by atoms with E-state index in [1.807, 2.05) is 0 Å². The average molecular weight is 441 g/mol. The zero-order chi connectivity index (χ0) is 21.8. The number of hydrogen-bond donors (Lipinski definition) is 0. The summed E-state index contributed by atoms with van der Waals surface area (Å²) in [4.78, 5) is 22.6. The summed E-state index contributed by atoms with van der Waals surface area (Å²) in [6.07, 6.45) is 0. The van der Waals surface area contributed by atoms with Crippen LogP contribution in [0.3, 0.4) is 0 Å². The number of nitro benzene ring substituents is 1. The molecule has 0 amide bonds. The summed E-state index contributed by atoms with van der Waals surface area (Å²) < 4.78 is 32.9. The largest absolute Gasteiger partial charge is 0.465 e. The van der Waals surface area contributed by atoms with Gasteiger partial charge in [-0.3, -0.25) is 14.9 Å². The zero-order valence-electron chi connectivity index (χ0n) is 16.2. The SMILES string of the molecule is CCOC(=O)C(C)(C)N(Cc1cccc(Cl)c1)S(=O)(=O)c1cccc([N+](=O)[O-])c1. The minimum Gasteiger partial charge on any atom is -0.465 e. The van der Waals surface area contributed by atoms with Crippen LogP contribution in [-0.4, -0.2) is 35.8 Å². The van der Waals surface area contributed by atoms with Crippen molar-refractivity contribution in [1.29, 1.82) is 0 Å². The van der Waals surface area contributed by atoms with Crippen molar-refractivity contribution in [1.82, 2.24) is 4.31 Å². The van der Waals surface area contributed by atoms with Gasteiger partial charge in [0.2, 0.25) is 10.0 Å². The van der Waals surface area contributed by atoms with Gasteiger partial charge in [-0.05, 0) is 44.5 Å². The van der Waals surface area contributed by atoms with E-state index in [2.05, 4.69) is 0 Å². The summed E-state index contributed by atoms with van der Waals surface area (Å²) in [6.45, 7) is 4.35. The lowest BCUT2D eigenvalue weighted by atomic mass is 10.1. The van der Waals surface area contributed by atoms with Gasteiger partial charge in [-0.15, -0.1) is 0 Å². The smallest absolute Gasteiger partial charge is 0.327 e. The number of benzene rings is 2. The highest BCUT2D eigenvalue weighted by molar-refractivity contribution is 7.89. The van der Waals surface area contributed by atoms with Crippen molar-refractivity contribution < 1.29 is 22.9 Å². The van der Waals surface area contributed by atoms with E-state index in [1.54, 1.807) is 31.2 Å². The van der Waals surface area contributed by atoms with Crippen LogP contribution in [0.1, 0.15) is 26.3 Å². The molecule has 156 valence electrons. The van der Waals surface area contributed by atoms with Gasteiger partial charge in [0.25, 0.3) is 5.69 Å². The third-order valence-corrected chi connectivity index (χ3v) is 6.48. The Morgan fingerprint density at radius 1 is 1.21 bits per heavy atom. The van der Waals surface area contributed by atoms with E-state index < -0.39 is 26.5 Å². The van der Waals surface area contributed by atoms with Gasteiger partial charge in [0.05, 0.1) is 16.4 Å². The first-order valence-electron chi connectivity index (χ1n) is 8.69. The molecule has 0 aliphatic rings. The monoisotopic (exact) mass is 440 g/mol. The van der Waals surface area contributed by atoms with Crippen molar-refractivity contribution in [3.63, 3.8) is 0 Å². The van der Waals surface area contributed by atoms with E-state index in [1.165, 1.54) is 32.0 Å². The molecular formula is C19H21ClN2O6S. The first-order valence-corrected chi connectivity index (χ1v) is 10.5. The number of non-ortho nitro benzene ring substituents is 1. The predicted molar refractivity (Wildman–Crippen MR) is 108 cm³/mol. The van der Waals surface area contributed by atoms with Crippen LogP contribution in [0.25, 0.3) is 0 Å². The highest BCUT2D eigenvalue weighted by atomic mass is 35.5. The lowest BCUT2D eigenvalue weighted by Gasteiger charge is -2.35. The average Bonchev–Trinajstić information content (AvgIpc) is 2.66. The topological polar surface area (TPSA) is 107 Å². The highest BCUT2D eigenvalue weighted by Crippen LogP contribution is 2.30. The summed E-state index contributed by atoms with van der Waals surface area (Å²) in [6, 6.07) is 11.2. The molecular weight excluding hydrogens is 420 g/mol. The number of esters is 1. The Bertz CT molecular complexity index is 1020. The van der Waals surface area contributed by atoms with Gasteiger partial charge < -0.3 is 4.74 Å². The summed E-state index contributed by atoms with van der Waals surface area (Å²) >= 11 is 6.01. The minimum atomic E-state index is -4.30. The normalized spacial score (nSPS) is 12.0. The molecule has 0 heterocycles. The van der Waals surface area contributed by atoms with E-state index in [0.717, 1.165) is 10.4 Å². The van der Waals surface area contributed by atoms with Crippen LogP contribution < -0.4 is 0 Å². The Hall–Kier alpha value is -2.49. The molecule has 0 atom stereocenters. The molecule has 2 aromatic rings. The number of sulfonamides is 1. The van der Waals surface area contributed by atoms with Gasteiger partial charge in [-0.1, -0.05) is 29.8 Å². The lowest BCUT2D eigenvalue weighted by molar-refractivity contribution is -0.385. The van der Waals surface area contributed by atoms with Crippen molar-refractivity contribution in [3.05, 3.63) is 69.2 Å². The quantitative estimate of drug-likeness (QED) is 0.351. The van der Waals surface area contributed by atoms with Gasteiger partial charge in [-0.2, -0.15) is 4.31 Å². The van der Waals surface area contributed by atoms with Gasteiger partial charge in [0.15, 0.2) is 0 Å². The van der Waals surface area contributed by atoms with E-state index in [-0.39, 0.29) is 23.7 Å². The molecule has 0 unspecified atom stereocenters. The molecule has 0 aliphatic carbocycles. The summed E-state index contributed by atoms with van der Waals surface area (Å²) in [7, 11) is -4.30. The molecule has 0 aromatic heterocycles. The fraction of sp³-hybridized carbons (Fsp3) is 0.316. The molecule has 0 fully saturated rings. The molecule has 0 saturated heterocycles. The van der Waals surface area contributed by atoms with Crippen molar-refractivity contribution in [2.45, 2.75) is 37.8 Å². The Morgan fingerprint density at radius 2 is 1.86 bits per heavy atom. The molecule has 8 nitrogen and oxygen atoms in total. The molecule has 0 aliphatic heterocycles. The number of rotatable bonds is 8. The van der Waals surface area contributed by atoms with Gasteiger partial charge >= 0.3 is 5.97 Å². The zero-order valence-corrected chi connectivity index (χ0v) is 17.7. The van der Waals surface area contributed by atoms with Gasteiger partial charge in [0, 0.05) is 23.7 Å². The first-order chi connectivity index (χ1) is 13.5. The van der Waals surface area contributed by atoms with E-state index in [9.17, 15) is 23.3 Å². The lowest BCUT2D eigenvalue weighted by Crippen LogP contribution is -2.53. The van der Waals surface area contributed by atoms with Crippen LogP contribution >= 0.6 is 11.6 Å². The van der Waals surface area contributed by atoms with Crippen molar-refractivity contribution in [3.8, 4) is 0 Å². The highest BCUT2D eigenvalue weighted by Gasteiger charge is 2.44. The second-order valence-corrected chi connectivity index (χ2v) is 8.97. The molecule has 0 spiro atoms. The maximum absolute atomic E-state index is 13.4. The van der Waals surface area contributed by atoms with Crippen LogP contribution in [0, 0.1) is 10.1 Å². The summed E-state index contributed by atoms with van der Waals surface area (Å²) in [5, 5.41) is 11.5. The predicted octanol–water partition coefficient (Wildman–Crippen LogP) is 3.78. The van der Waals surface area contributed by atoms with Crippen LogP contribution in [0.4, 0.5) is 5.69 Å². The maximum atomic E-state index is 13.4. The second kappa shape index (κ2) is 8.89. The number of hydrogen-bond acceptors (Lipinski definition) is 6. The van der Waals surface area contributed by atoms with Gasteiger partial charge in [0.1, 0.15) is 5.54 Å². The number of nitrogens with zero attached hydrogens (tertiary/aromatic N) is 2. The van der Waals surface area contributed by atoms with Crippen molar-refractivity contribution in [2.75, 3.05) is 6.61 Å². The summed E-state index contributed by atoms with van der Waals surface area (Å²) in [5.41, 5.74) is -1.41. The fourth-order valence-corrected chi connectivity index (χ4v) is 4.66. The standard InChI is InChI=1S/C19H21ClN2O6S/c1-4-28-18(23)19(2,3)21(13-14-7-5-8-15(20)11-14)29(26,27)17-10-6-9-16(12-17)22(24)25/h5-12H,4,13H2,1-3H3. The number of nitro groups is 1. The molecule has 0 bridgehead atoms. The van der Waals surface area contributed by atoms with Crippen molar-refractivity contribution >= 4 is 33.3 Å². The van der Waals surface area contributed by atoms with E-state index >= 15 is 0 Å². The van der Waals surface area contributed by atoms with Crippen LogP contribution in [0.2, 0.25) is 5.02 Å². The summed E-state index contributed by atoms with van der Waals surface area (Å²) in [5.74, 6) is -0.740. The first kappa shape index (κ1) is 22.8. The molecule has 10 heteroatoms. The fourth-order valence-electron chi connectivity index (χ4n) is 2.68. The molecule has 29 heavy (non-hydrogen) atoms. The molecule has 0 radical (unpaired) electrons. The van der Waals surface area contributed by atoms with E-state index in [4.69, 9.17) is 16.3 Å². The molecule has 0 saturated carbocycles. The van der Waals surface area contributed by atoms with Crippen LogP contribution in [-0.2, 0) is 26.1 Å². The number of halogens is 1. The molecule has 0 N–H and O–H groups in total. The second-order valence-electron chi connectivity index (χ2n) is 6.68. The number of carbonyl (C=O) groups excluding carboxylic acids is 1. The Kier molecular flexibility index (Phi) is 6.99. The maximum Gasteiger partial charge on any atom is 0.327 e. The number of ether oxygens (including phenoxy) is 1. The Balaban J connectivity index is 2.60. The van der Waals surface area contributed by atoms with Crippen LogP contribution in [0.15, 0.2) is 53.4 Å².